The van der Waals surface area contributed by atoms with Crippen LogP contribution in [0, 0.1) is 0 Å². The molecule has 1 unspecified atom stereocenters. The number of nitrogens with one attached hydrogen (secondary N) is 2. The minimum absolute atomic E-state index is 0.148. The van der Waals surface area contributed by atoms with Gasteiger partial charge in [0.1, 0.15) is 6.04 Å². The van der Waals surface area contributed by atoms with Crippen molar-refractivity contribution in [1.82, 2.24) is 9.78 Å². The van der Waals surface area contributed by atoms with Gasteiger partial charge in [0.25, 0.3) is 0 Å². The summed E-state index contributed by atoms with van der Waals surface area (Å²) in [5.74, 6) is -0.607. The smallest absolute Gasteiger partial charge is 0.337 e. The molecule has 114 valence electrons. The molecule has 0 aliphatic carbocycles. The van der Waals surface area contributed by atoms with E-state index in [1.807, 2.05) is 13.1 Å². The third-order valence-electron chi connectivity index (χ3n) is 3.67. The van der Waals surface area contributed by atoms with Gasteiger partial charge in [-0.05, 0) is 25.1 Å². The maximum absolute atomic E-state index is 11.9. The molecule has 0 saturated carbocycles. The van der Waals surface area contributed by atoms with Gasteiger partial charge in [-0.2, -0.15) is 5.10 Å². The highest BCUT2D eigenvalue weighted by molar-refractivity contribution is 6.08. The molecule has 1 aliphatic heterocycles. The second kappa shape index (κ2) is 5.18. The summed E-state index contributed by atoms with van der Waals surface area (Å²) >= 11 is 0. The largest absolute Gasteiger partial charge is 0.465 e. The predicted molar refractivity (Wildman–Crippen MR) is 81.7 cm³/mol. The zero-order valence-corrected chi connectivity index (χ0v) is 12.5. The van der Waals surface area contributed by atoms with Crippen LogP contribution < -0.4 is 10.6 Å². The van der Waals surface area contributed by atoms with Crippen LogP contribution in [0.4, 0.5) is 11.4 Å². The van der Waals surface area contributed by atoms with Crippen molar-refractivity contribution in [3.8, 4) is 11.3 Å². The summed E-state index contributed by atoms with van der Waals surface area (Å²) in [6, 6.07) is 4.83. The average Bonchev–Trinajstić information content (AvgIpc) is 2.92. The van der Waals surface area contributed by atoms with Gasteiger partial charge >= 0.3 is 5.97 Å². The van der Waals surface area contributed by atoms with Crippen molar-refractivity contribution in [3.05, 3.63) is 30.0 Å². The van der Waals surface area contributed by atoms with Crippen molar-refractivity contribution >= 4 is 23.3 Å². The molecule has 1 atom stereocenters. The fraction of sp³-hybridized carbons (Fsp3) is 0.267. The Bertz CT molecular complexity index is 766. The van der Waals surface area contributed by atoms with Crippen LogP contribution in [0.5, 0.6) is 0 Å². The Labute approximate surface area is 127 Å². The number of ether oxygens (including phenoxy) is 1. The first-order chi connectivity index (χ1) is 10.5. The number of benzene rings is 1. The van der Waals surface area contributed by atoms with Gasteiger partial charge in [0.2, 0.25) is 5.91 Å². The number of aromatic nitrogens is 2. The maximum Gasteiger partial charge on any atom is 0.337 e. The van der Waals surface area contributed by atoms with E-state index in [9.17, 15) is 9.59 Å². The van der Waals surface area contributed by atoms with E-state index in [-0.39, 0.29) is 11.9 Å². The molecule has 1 aliphatic rings. The number of esters is 1. The number of aryl methyl sites for hydroxylation is 1. The van der Waals surface area contributed by atoms with Crippen LogP contribution in [0.3, 0.4) is 0 Å². The quantitative estimate of drug-likeness (QED) is 0.823. The highest BCUT2D eigenvalue weighted by atomic mass is 16.5. The summed E-state index contributed by atoms with van der Waals surface area (Å²) < 4.78 is 6.49. The zero-order chi connectivity index (χ0) is 15.9. The molecule has 1 aromatic carbocycles. The lowest BCUT2D eigenvalue weighted by atomic mass is 10.0. The first kappa shape index (κ1) is 14.1. The monoisotopic (exact) mass is 300 g/mol. The molecule has 1 aromatic heterocycles. The lowest BCUT2D eigenvalue weighted by molar-refractivity contribution is -0.116. The Balaban J connectivity index is 2.23. The second-order valence-electron chi connectivity index (χ2n) is 5.13. The summed E-state index contributed by atoms with van der Waals surface area (Å²) in [6.45, 7) is 1.78. The third-order valence-corrected chi connectivity index (χ3v) is 3.67. The number of fused-ring (bicyclic) bond motifs is 1. The first-order valence-electron chi connectivity index (χ1n) is 6.83. The topological polar surface area (TPSA) is 85.2 Å². The Kier molecular flexibility index (Phi) is 3.32. The number of methoxy groups -OCH3 is 1. The van der Waals surface area contributed by atoms with Crippen molar-refractivity contribution in [2.45, 2.75) is 13.0 Å². The van der Waals surface area contributed by atoms with E-state index < -0.39 is 5.97 Å². The average molecular weight is 300 g/mol. The van der Waals surface area contributed by atoms with Crippen molar-refractivity contribution in [1.29, 1.82) is 0 Å². The summed E-state index contributed by atoms with van der Waals surface area (Å²) in [7, 11) is 3.14. The summed E-state index contributed by atoms with van der Waals surface area (Å²) in [5.41, 5.74) is 3.31. The Hall–Kier alpha value is -2.83. The fourth-order valence-corrected chi connectivity index (χ4v) is 2.50. The molecule has 0 saturated heterocycles. The Morgan fingerprint density at radius 1 is 1.41 bits per heavy atom. The molecule has 0 bridgehead atoms. The number of hydrogen-bond acceptors (Lipinski definition) is 5. The number of nitrogens with zero attached hydrogens (tertiary/aromatic N) is 2. The van der Waals surface area contributed by atoms with Crippen molar-refractivity contribution in [2.75, 3.05) is 17.7 Å². The molecule has 7 heteroatoms. The third kappa shape index (κ3) is 2.20. The van der Waals surface area contributed by atoms with Gasteiger partial charge in [-0.3, -0.25) is 9.48 Å². The minimum Gasteiger partial charge on any atom is -0.465 e. The van der Waals surface area contributed by atoms with Crippen LogP contribution in [-0.2, 0) is 16.6 Å². The molecule has 22 heavy (non-hydrogen) atoms. The molecular weight excluding hydrogens is 284 g/mol. The number of hydrogen-bond donors (Lipinski definition) is 2. The second-order valence-corrected chi connectivity index (χ2v) is 5.13. The molecule has 7 nitrogen and oxygen atoms in total. The van der Waals surface area contributed by atoms with Gasteiger partial charge in [-0.1, -0.05) is 0 Å². The number of carbonyl (C=O) groups is 2. The molecule has 0 fully saturated rings. The number of amides is 1. The van der Waals surface area contributed by atoms with E-state index in [0.29, 0.717) is 11.3 Å². The van der Waals surface area contributed by atoms with E-state index >= 15 is 0 Å². The van der Waals surface area contributed by atoms with Crippen LogP contribution in [0.25, 0.3) is 11.3 Å². The van der Waals surface area contributed by atoms with Gasteiger partial charge in [0.15, 0.2) is 0 Å². The highest BCUT2D eigenvalue weighted by Gasteiger charge is 2.26. The summed E-state index contributed by atoms with van der Waals surface area (Å²) in [6.07, 6.45) is 1.68. The van der Waals surface area contributed by atoms with E-state index in [0.717, 1.165) is 16.9 Å². The lowest BCUT2D eigenvalue weighted by Gasteiger charge is -2.27. The molecule has 2 heterocycles. The van der Waals surface area contributed by atoms with E-state index in [4.69, 9.17) is 4.74 Å². The maximum atomic E-state index is 11.9. The van der Waals surface area contributed by atoms with Crippen molar-refractivity contribution in [3.63, 3.8) is 0 Å². The SMILES string of the molecule is COC(=O)c1cc2c(c(-c3ccnn3C)c1)NC(C)C(=O)N2. The van der Waals surface area contributed by atoms with Crippen molar-refractivity contribution in [2.24, 2.45) is 7.05 Å². The van der Waals surface area contributed by atoms with Gasteiger partial charge < -0.3 is 15.4 Å². The van der Waals surface area contributed by atoms with Crippen LogP contribution in [-0.4, -0.2) is 34.8 Å². The zero-order valence-electron chi connectivity index (χ0n) is 12.5. The molecule has 3 rings (SSSR count). The molecule has 2 N–H and O–H groups in total. The number of anilines is 2. The summed E-state index contributed by atoms with van der Waals surface area (Å²) in [5, 5.41) is 10.1. The predicted octanol–water partition coefficient (Wildman–Crippen LogP) is 1.63. The normalized spacial score (nSPS) is 16.5. The highest BCUT2D eigenvalue weighted by Crippen LogP contribution is 2.38. The van der Waals surface area contributed by atoms with Gasteiger partial charge in [0.05, 0.1) is 29.7 Å². The van der Waals surface area contributed by atoms with E-state index in [2.05, 4.69) is 15.7 Å². The summed E-state index contributed by atoms with van der Waals surface area (Å²) in [4.78, 5) is 23.7. The lowest BCUT2D eigenvalue weighted by Crippen LogP contribution is -2.36. The van der Waals surface area contributed by atoms with Crippen LogP contribution in [0.15, 0.2) is 24.4 Å². The Morgan fingerprint density at radius 3 is 2.82 bits per heavy atom. The fourth-order valence-electron chi connectivity index (χ4n) is 2.50. The molecule has 1 amide bonds. The molecule has 0 radical (unpaired) electrons. The van der Waals surface area contributed by atoms with Gasteiger partial charge in [-0.15, -0.1) is 0 Å². The Morgan fingerprint density at radius 2 is 2.18 bits per heavy atom. The molecule has 2 aromatic rings. The van der Waals surface area contributed by atoms with E-state index in [1.165, 1.54) is 7.11 Å². The molecular formula is C15H16N4O3. The number of rotatable bonds is 2. The van der Waals surface area contributed by atoms with Crippen LogP contribution in [0.1, 0.15) is 17.3 Å². The van der Waals surface area contributed by atoms with Gasteiger partial charge in [-0.25, -0.2) is 4.79 Å². The molecule has 0 spiro atoms. The minimum atomic E-state index is -0.459. The number of carbonyl (C=O) groups excluding carboxylic acids is 2. The standard InChI is InChI=1S/C15H16N4O3/c1-8-14(20)18-11-7-9(15(21)22-3)6-10(13(11)17-8)12-4-5-16-19(12)2/h4-8,17H,1-3H3,(H,18,20). The van der Waals surface area contributed by atoms with Crippen molar-refractivity contribution < 1.29 is 14.3 Å². The first-order valence-corrected chi connectivity index (χ1v) is 6.83. The van der Waals surface area contributed by atoms with Crippen LogP contribution >= 0.6 is 0 Å². The van der Waals surface area contributed by atoms with Crippen LogP contribution in [0.2, 0.25) is 0 Å². The van der Waals surface area contributed by atoms with Gasteiger partial charge in [0, 0.05) is 18.8 Å². The van der Waals surface area contributed by atoms with E-state index in [1.54, 1.807) is 29.9 Å².